The van der Waals surface area contributed by atoms with Gasteiger partial charge in [0.05, 0.1) is 12.6 Å². The van der Waals surface area contributed by atoms with Gasteiger partial charge in [0, 0.05) is 33.2 Å². The van der Waals surface area contributed by atoms with Crippen LogP contribution in [-0.2, 0) is 24.6 Å². The van der Waals surface area contributed by atoms with E-state index >= 15 is 0 Å². The summed E-state index contributed by atoms with van der Waals surface area (Å²) >= 11 is 0.986. The van der Waals surface area contributed by atoms with Crippen molar-refractivity contribution in [2.45, 2.75) is 49.3 Å². The molecule has 8 nitrogen and oxygen atoms in total. The molecule has 12 heteroatoms. The molecule has 2 amide bonds. The Morgan fingerprint density at radius 3 is 2.68 bits per heavy atom. The summed E-state index contributed by atoms with van der Waals surface area (Å²) in [6.45, 7) is 8.74. The minimum Gasteiger partial charge on any atom is -0.385 e. The number of aliphatic imine (C=N–C) groups is 1. The molecule has 1 aliphatic carbocycles. The first-order valence-electron chi connectivity index (χ1n) is 10.9. The van der Waals surface area contributed by atoms with Gasteiger partial charge in [0.25, 0.3) is 11.1 Å². The van der Waals surface area contributed by atoms with E-state index in [0.29, 0.717) is 13.0 Å². The molecular formula is C22H31F2N3O5SSi. The zero-order chi connectivity index (χ0) is 25.3. The molecule has 2 aliphatic rings. The number of hydrogen-bond donors (Lipinski definition) is 1. The smallest absolute Gasteiger partial charge is 0.385 e. The third-order valence-corrected chi connectivity index (χ3v) is 9.14. The van der Waals surface area contributed by atoms with Crippen molar-refractivity contribution in [1.29, 1.82) is 0 Å². The number of halogens is 2. The van der Waals surface area contributed by atoms with Gasteiger partial charge in [-0.05, 0) is 37.2 Å². The van der Waals surface area contributed by atoms with Gasteiger partial charge >= 0.3 is 6.09 Å². The summed E-state index contributed by atoms with van der Waals surface area (Å²) in [4.78, 5) is 35.0. The molecule has 1 fully saturated rings. The van der Waals surface area contributed by atoms with E-state index in [1.165, 1.54) is 26.3 Å². The maximum Gasteiger partial charge on any atom is 0.416 e. The van der Waals surface area contributed by atoms with E-state index in [1.807, 2.05) is 0 Å². The third-order valence-electron chi connectivity index (χ3n) is 6.10. The van der Waals surface area contributed by atoms with Gasteiger partial charge in [-0.15, -0.1) is 0 Å². The van der Waals surface area contributed by atoms with Crippen molar-refractivity contribution >= 4 is 37.1 Å². The highest BCUT2D eigenvalue weighted by molar-refractivity contribution is 8.15. The Labute approximate surface area is 203 Å². The Bertz CT molecular complexity index is 992. The molecule has 0 spiro atoms. The van der Waals surface area contributed by atoms with Crippen molar-refractivity contribution in [2.75, 3.05) is 27.5 Å². The SMILES string of the molecule is CON(C)C(=O)[C@]12C[C@H]1[C@@](C)(c1cccc(F)c1F)N=C(OC(=O)NCOCC[Si](C)(C)C)S2. The number of carbonyl (C=O) groups is 2. The van der Waals surface area contributed by atoms with Crippen LogP contribution in [0.25, 0.3) is 0 Å². The number of thioether (sulfide) groups is 1. The number of amides is 2. The fourth-order valence-corrected chi connectivity index (χ4v) is 6.21. The van der Waals surface area contributed by atoms with Gasteiger partial charge < -0.3 is 9.47 Å². The Kier molecular flexibility index (Phi) is 7.75. The predicted molar refractivity (Wildman–Crippen MR) is 128 cm³/mol. The normalized spacial score (nSPS) is 25.8. The van der Waals surface area contributed by atoms with Crippen molar-refractivity contribution in [2.24, 2.45) is 10.9 Å². The Balaban J connectivity index is 1.80. The summed E-state index contributed by atoms with van der Waals surface area (Å²) in [6.07, 6.45) is -0.489. The number of rotatable bonds is 8. The monoisotopic (exact) mass is 515 g/mol. The molecule has 3 rings (SSSR count). The van der Waals surface area contributed by atoms with Crippen LogP contribution < -0.4 is 5.32 Å². The summed E-state index contributed by atoms with van der Waals surface area (Å²) < 4.78 is 38.6. The zero-order valence-corrected chi connectivity index (χ0v) is 22.1. The fraction of sp³-hybridized carbons (Fsp3) is 0.591. The van der Waals surface area contributed by atoms with E-state index in [1.54, 1.807) is 6.92 Å². The van der Waals surface area contributed by atoms with E-state index in [4.69, 9.17) is 14.3 Å². The predicted octanol–water partition coefficient (Wildman–Crippen LogP) is 4.10. The molecule has 1 heterocycles. The number of alkyl carbamates (subject to hydrolysis) is 1. The zero-order valence-electron chi connectivity index (χ0n) is 20.2. The summed E-state index contributed by atoms with van der Waals surface area (Å²) in [5.74, 6) is -2.89. The van der Waals surface area contributed by atoms with Crippen LogP contribution in [0, 0.1) is 17.6 Å². The maximum absolute atomic E-state index is 14.8. The van der Waals surface area contributed by atoms with Gasteiger partial charge in [0.1, 0.15) is 11.5 Å². The van der Waals surface area contributed by atoms with Gasteiger partial charge in [-0.2, -0.15) is 0 Å². The Hall–Kier alpha value is -2.02. The summed E-state index contributed by atoms with van der Waals surface area (Å²) in [7, 11) is 1.56. The van der Waals surface area contributed by atoms with E-state index in [-0.39, 0.29) is 23.4 Å². The van der Waals surface area contributed by atoms with Crippen LogP contribution in [0.1, 0.15) is 18.9 Å². The summed E-state index contributed by atoms with van der Waals surface area (Å²) in [5.41, 5.74) is -1.34. The minimum atomic E-state index is -1.33. The van der Waals surface area contributed by atoms with Crippen LogP contribution in [-0.4, -0.2) is 62.6 Å². The van der Waals surface area contributed by atoms with Crippen LogP contribution in [0.2, 0.25) is 25.7 Å². The second-order valence-corrected chi connectivity index (χ2v) is 16.7. The molecule has 0 unspecified atom stereocenters. The average molecular weight is 516 g/mol. The van der Waals surface area contributed by atoms with Crippen LogP contribution in [0.4, 0.5) is 13.6 Å². The number of nitrogens with zero attached hydrogens (tertiary/aromatic N) is 2. The molecule has 0 radical (unpaired) electrons. The van der Waals surface area contributed by atoms with Gasteiger partial charge in [-0.25, -0.2) is 23.6 Å². The minimum absolute atomic E-state index is 0.0104. The van der Waals surface area contributed by atoms with Gasteiger partial charge in [-0.3, -0.25) is 14.9 Å². The van der Waals surface area contributed by atoms with Gasteiger partial charge in [-0.1, -0.05) is 31.8 Å². The van der Waals surface area contributed by atoms with Crippen molar-refractivity contribution in [3.8, 4) is 0 Å². The first-order valence-corrected chi connectivity index (χ1v) is 15.5. The van der Waals surface area contributed by atoms with Crippen LogP contribution in [0.15, 0.2) is 23.2 Å². The van der Waals surface area contributed by atoms with E-state index < -0.39 is 42.0 Å². The standard InChI is InChI=1S/C22H31F2N3O5SSi/c1-21(14-8-7-9-15(23)17(14)24)16-12-22(16,18(28)27(2)30-3)33-20(26-21)32-19(29)25-13-31-10-11-34(4,5)6/h7-9,16H,10-13H2,1-6H3,(H,25,29)/t16-,21+,22-/m0/s1. The Morgan fingerprint density at radius 1 is 1.32 bits per heavy atom. The molecule has 3 atom stereocenters. The molecule has 1 aliphatic heterocycles. The van der Waals surface area contributed by atoms with Gasteiger partial charge in [0.2, 0.25) is 0 Å². The lowest BCUT2D eigenvalue weighted by Crippen LogP contribution is -2.44. The van der Waals surface area contributed by atoms with Crippen molar-refractivity contribution in [3.63, 3.8) is 0 Å². The lowest BCUT2D eigenvalue weighted by atomic mass is 9.85. The van der Waals surface area contributed by atoms with Gasteiger partial charge in [0.15, 0.2) is 11.6 Å². The topological polar surface area (TPSA) is 89.5 Å². The number of benzene rings is 1. The highest BCUT2D eigenvalue weighted by Gasteiger charge is 2.72. The second-order valence-electron chi connectivity index (χ2n) is 9.79. The van der Waals surface area contributed by atoms with Crippen molar-refractivity contribution in [3.05, 3.63) is 35.4 Å². The van der Waals surface area contributed by atoms with Crippen LogP contribution in [0.3, 0.4) is 0 Å². The average Bonchev–Trinajstić information content (AvgIpc) is 3.50. The van der Waals surface area contributed by atoms with Crippen molar-refractivity contribution in [1.82, 2.24) is 10.4 Å². The highest BCUT2D eigenvalue weighted by Crippen LogP contribution is 2.67. The number of hydrogen-bond acceptors (Lipinski definition) is 7. The molecule has 1 saturated carbocycles. The highest BCUT2D eigenvalue weighted by atomic mass is 32.2. The number of nitrogens with one attached hydrogen (secondary N) is 1. The third kappa shape index (κ3) is 5.45. The molecule has 0 bridgehead atoms. The van der Waals surface area contributed by atoms with E-state index in [0.717, 1.165) is 28.9 Å². The van der Waals surface area contributed by atoms with Crippen molar-refractivity contribution < 1.29 is 32.7 Å². The molecule has 0 saturated heterocycles. The Morgan fingerprint density at radius 2 is 2.03 bits per heavy atom. The number of fused-ring (bicyclic) bond motifs is 1. The van der Waals surface area contributed by atoms with Crippen LogP contribution >= 0.6 is 11.8 Å². The molecule has 1 aromatic carbocycles. The number of ether oxygens (including phenoxy) is 2. The number of carbonyl (C=O) groups excluding carboxylic acids is 2. The lowest BCUT2D eigenvalue weighted by Gasteiger charge is -2.34. The first kappa shape index (κ1) is 26.6. The molecule has 1 N–H and O–H groups in total. The fourth-order valence-electron chi connectivity index (χ4n) is 3.95. The molecule has 188 valence electrons. The summed E-state index contributed by atoms with van der Waals surface area (Å²) in [6, 6.07) is 4.77. The molecule has 34 heavy (non-hydrogen) atoms. The molecular weight excluding hydrogens is 484 g/mol. The lowest BCUT2D eigenvalue weighted by molar-refractivity contribution is -0.169. The molecule has 1 aromatic rings. The van der Waals surface area contributed by atoms with E-state index in [9.17, 15) is 18.4 Å². The van der Waals surface area contributed by atoms with Crippen LogP contribution in [0.5, 0.6) is 0 Å². The second kappa shape index (κ2) is 9.92. The van der Waals surface area contributed by atoms with E-state index in [2.05, 4.69) is 30.0 Å². The largest absolute Gasteiger partial charge is 0.416 e. The quantitative estimate of drug-likeness (QED) is 0.243. The summed E-state index contributed by atoms with van der Waals surface area (Å²) in [5, 5.41) is 3.45. The first-order chi connectivity index (χ1) is 15.8. The molecule has 0 aromatic heterocycles. The number of hydroxylamine groups is 2. The maximum atomic E-state index is 14.8.